The van der Waals surface area contributed by atoms with Crippen molar-refractivity contribution in [1.82, 2.24) is 14.9 Å². The summed E-state index contributed by atoms with van der Waals surface area (Å²) in [6.45, 7) is 5.64. The molecule has 1 aromatic heterocycles. The van der Waals surface area contributed by atoms with Gasteiger partial charge in [-0.25, -0.2) is 4.98 Å². The van der Waals surface area contributed by atoms with E-state index < -0.39 is 0 Å². The first-order chi connectivity index (χ1) is 9.81. The van der Waals surface area contributed by atoms with Gasteiger partial charge in [0.15, 0.2) is 0 Å². The summed E-state index contributed by atoms with van der Waals surface area (Å²) >= 11 is 0. The summed E-state index contributed by atoms with van der Waals surface area (Å²) in [6.07, 6.45) is 3.33. The average molecular weight is 278 g/mol. The molecular weight excluding hydrogens is 256 g/mol. The van der Waals surface area contributed by atoms with Gasteiger partial charge in [-0.2, -0.15) is 0 Å². The Labute approximate surface area is 118 Å². The minimum absolute atomic E-state index is 0.0578. The number of aromatic nitrogens is 2. The van der Waals surface area contributed by atoms with Gasteiger partial charge >= 0.3 is 0 Å². The maximum absolute atomic E-state index is 11.6. The highest BCUT2D eigenvalue weighted by Gasteiger charge is 2.26. The summed E-state index contributed by atoms with van der Waals surface area (Å²) in [6, 6.07) is 1.54. The largest absolute Gasteiger partial charge is 0.379 e. The molecule has 0 atom stereocenters. The van der Waals surface area contributed by atoms with Crippen LogP contribution in [0.3, 0.4) is 0 Å². The average Bonchev–Trinajstić information content (AvgIpc) is 3.29. The van der Waals surface area contributed by atoms with Crippen molar-refractivity contribution in [2.24, 2.45) is 0 Å². The summed E-state index contributed by atoms with van der Waals surface area (Å²) in [5, 5.41) is 3.26. The Kier molecular flexibility index (Phi) is 4.32. The van der Waals surface area contributed by atoms with E-state index in [0.29, 0.717) is 11.7 Å². The first-order valence-corrected chi connectivity index (χ1v) is 7.46. The second-order valence-corrected chi connectivity index (χ2v) is 5.52. The lowest BCUT2D eigenvalue weighted by Crippen LogP contribution is -2.37. The lowest BCUT2D eigenvalue weighted by Gasteiger charge is -2.26. The number of hydrogen-bond acceptors (Lipinski definition) is 5. The molecule has 2 aliphatic rings. The second-order valence-electron chi connectivity index (χ2n) is 5.52. The Bertz CT molecular complexity index is 492. The fourth-order valence-corrected chi connectivity index (χ4v) is 2.46. The van der Waals surface area contributed by atoms with Crippen molar-refractivity contribution >= 4 is 5.82 Å². The zero-order valence-corrected chi connectivity index (χ0v) is 11.7. The van der Waals surface area contributed by atoms with Crippen molar-refractivity contribution in [2.75, 3.05) is 44.7 Å². The third-order valence-electron chi connectivity index (χ3n) is 3.78. The van der Waals surface area contributed by atoms with Gasteiger partial charge in [-0.3, -0.25) is 9.69 Å². The second kappa shape index (κ2) is 6.37. The van der Waals surface area contributed by atoms with Crippen molar-refractivity contribution in [2.45, 2.75) is 25.2 Å². The van der Waals surface area contributed by atoms with E-state index in [0.717, 1.165) is 64.5 Å². The van der Waals surface area contributed by atoms with E-state index in [1.807, 2.05) is 0 Å². The van der Waals surface area contributed by atoms with Crippen LogP contribution in [0.2, 0.25) is 0 Å². The smallest absolute Gasteiger partial charge is 0.252 e. The van der Waals surface area contributed by atoms with Gasteiger partial charge in [0.25, 0.3) is 5.56 Å². The van der Waals surface area contributed by atoms with Crippen LogP contribution in [-0.2, 0) is 4.74 Å². The molecule has 1 aromatic rings. The van der Waals surface area contributed by atoms with Crippen LogP contribution >= 0.6 is 0 Å². The van der Waals surface area contributed by atoms with E-state index in [9.17, 15) is 4.79 Å². The standard InChI is InChI=1S/C14H22N4O2/c19-13-10-12(16-14(17-13)11-2-3-11)15-4-1-5-18-6-8-20-9-7-18/h10-11H,1-9H2,(H2,15,16,17,19). The maximum Gasteiger partial charge on any atom is 0.252 e. The van der Waals surface area contributed by atoms with Gasteiger partial charge in [0, 0.05) is 31.6 Å². The van der Waals surface area contributed by atoms with Crippen molar-refractivity contribution in [1.29, 1.82) is 0 Å². The third kappa shape index (κ3) is 3.80. The van der Waals surface area contributed by atoms with Crippen LogP contribution in [0.5, 0.6) is 0 Å². The summed E-state index contributed by atoms with van der Waals surface area (Å²) in [5.74, 6) is 2.02. The predicted octanol–water partition coefficient (Wildman–Crippen LogP) is 0.781. The van der Waals surface area contributed by atoms with Gasteiger partial charge in [0.1, 0.15) is 11.6 Å². The molecule has 0 radical (unpaired) electrons. The molecule has 6 nitrogen and oxygen atoms in total. The number of aromatic amines is 1. The monoisotopic (exact) mass is 278 g/mol. The highest BCUT2D eigenvalue weighted by Crippen LogP contribution is 2.37. The summed E-state index contributed by atoms with van der Waals surface area (Å²) in [7, 11) is 0. The number of hydrogen-bond donors (Lipinski definition) is 2. The molecule has 1 aliphatic carbocycles. The predicted molar refractivity (Wildman–Crippen MR) is 77.2 cm³/mol. The van der Waals surface area contributed by atoms with Gasteiger partial charge in [0.05, 0.1) is 13.2 Å². The zero-order valence-electron chi connectivity index (χ0n) is 11.7. The minimum Gasteiger partial charge on any atom is -0.379 e. The number of ether oxygens (including phenoxy) is 1. The van der Waals surface area contributed by atoms with Gasteiger partial charge in [-0.05, 0) is 25.8 Å². The van der Waals surface area contributed by atoms with Crippen molar-refractivity contribution in [3.05, 3.63) is 22.2 Å². The number of rotatable bonds is 6. The van der Waals surface area contributed by atoms with E-state index in [-0.39, 0.29) is 5.56 Å². The van der Waals surface area contributed by atoms with Crippen molar-refractivity contribution in [3.63, 3.8) is 0 Å². The molecule has 3 rings (SSSR count). The highest BCUT2D eigenvalue weighted by molar-refractivity contribution is 5.33. The molecule has 0 spiro atoms. The van der Waals surface area contributed by atoms with Crippen molar-refractivity contribution in [3.8, 4) is 0 Å². The molecule has 0 unspecified atom stereocenters. The van der Waals surface area contributed by atoms with Gasteiger partial charge in [-0.1, -0.05) is 0 Å². The Morgan fingerprint density at radius 2 is 2.20 bits per heavy atom. The fourth-order valence-electron chi connectivity index (χ4n) is 2.46. The van der Waals surface area contributed by atoms with E-state index in [1.165, 1.54) is 0 Å². The molecule has 0 bridgehead atoms. The van der Waals surface area contributed by atoms with Crippen LogP contribution in [0, 0.1) is 0 Å². The van der Waals surface area contributed by atoms with Gasteiger partial charge in [0.2, 0.25) is 0 Å². The third-order valence-corrected chi connectivity index (χ3v) is 3.78. The zero-order chi connectivity index (χ0) is 13.8. The molecule has 0 amide bonds. The number of H-pyrrole nitrogens is 1. The topological polar surface area (TPSA) is 70.2 Å². The van der Waals surface area contributed by atoms with E-state index >= 15 is 0 Å². The lowest BCUT2D eigenvalue weighted by molar-refractivity contribution is 0.0378. The number of nitrogens with one attached hydrogen (secondary N) is 2. The lowest BCUT2D eigenvalue weighted by atomic mass is 10.3. The Morgan fingerprint density at radius 3 is 2.95 bits per heavy atom. The van der Waals surface area contributed by atoms with Crippen LogP contribution in [0.1, 0.15) is 31.0 Å². The summed E-state index contributed by atoms with van der Waals surface area (Å²) in [4.78, 5) is 21.3. The normalized spacial score (nSPS) is 20.0. The molecule has 1 saturated heterocycles. The van der Waals surface area contributed by atoms with E-state index in [1.54, 1.807) is 6.07 Å². The Morgan fingerprint density at radius 1 is 1.40 bits per heavy atom. The SMILES string of the molecule is O=c1cc(NCCCN2CCOCC2)nc(C2CC2)[nH]1. The quantitative estimate of drug-likeness (QED) is 0.753. The first kappa shape index (κ1) is 13.6. The molecule has 1 aliphatic heterocycles. The molecular formula is C14H22N4O2. The van der Waals surface area contributed by atoms with E-state index in [2.05, 4.69) is 20.2 Å². The molecule has 6 heteroatoms. The Hall–Kier alpha value is -1.40. The van der Waals surface area contributed by atoms with Crippen LogP contribution in [0.25, 0.3) is 0 Å². The summed E-state index contributed by atoms with van der Waals surface area (Å²) in [5.41, 5.74) is -0.0578. The van der Waals surface area contributed by atoms with Gasteiger partial charge < -0.3 is 15.0 Å². The van der Waals surface area contributed by atoms with Crippen LogP contribution < -0.4 is 10.9 Å². The maximum atomic E-state index is 11.6. The van der Waals surface area contributed by atoms with Gasteiger partial charge in [-0.15, -0.1) is 0 Å². The molecule has 2 N–H and O–H groups in total. The molecule has 20 heavy (non-hydrogen) atoms. The summed E-state index contributed by atoms with van der Waals surface area (Å²) < 4.78 is 5.32. The van der Waals surface area contributed by atoms with E-state index in [4.69, 9.17) is 4.74 Å². The number of morpholine rings is 1. The molecule has 1 saturated carbocycles. The van der Waals surface area contributed by atoms with Crippen LogP contribution in [0.15, 0.2) is 10.9 Å². The highest BCUT2D eigenvalue weighted by atomic mass is 16.5. The van der Waals surface area contributed by atoms with Crippen molar-refractivity contribution < 1.29 is 4.74 Å². The van der Waals surface area contributed by atoms with Crippen LogP contribution in [-0.4, -0.2) is 54.3 Å². The number of anilines is 1. The molecule has 2 heterocycles. The molecule has 0 aromatic carbocycles. The van der Waals surface area contributed by atoms with Crippen LogP contribution in [0.4, 0.5) is 5.82 Å². The molecule has 2 fully saturated rings. The first-order valence-electron chi connectivity index (χ1n) is 7.46. The fraction of sp³-hybridized carbons (Fsp3) is 0.714. The Balaban J connectivity index is 1.44. The molecule has 110 valence electrons. The number of nitrogens with zero attached hydrogens (tertiary/aromatic N) is 2. The minimum atomic E-state index is -0.0578.